The normalized spacial score (nSPS) is 11.5. The molecule has 1 aromatic heterocycles. The molecule has 28 heavy (non-hydrogen) atoms. The Morgan fingerprint density at radius 3 is 2.39 bits per heavy atom. The van der Waals surface area contributed by atoms with Crippen molar-refractivity contribution >= 4 is 11.9 Å². The van der Waals surface area contributed by atoms with Gasteiger partial charge in [-0.3, -0.25) is 14.4 Å². The number of carbonyl (C=O) groups is 2. The number of alkyl halides is 3. The number of benzene rings is 1. The Labute approximate surface area is 158 Å². The van der Waals surface area contributed by atoms with E-state index in [2.05, 4.69) is 5.10 Å². The van der Waals surface area contributed by atoms with Crippen molar-refractivity contribution in [3.63, 3.8) is 0 Å². The largest absolute Gasteiger partial charge is 0.480 e. The van der Waals surface area contributed by atoms with Crippen LogP contribution in [0.25, 0.3) is 5.69 Å². The zero-order valence-electron chi connectivity index (χ0n) is 15.3. The van der Waals surface area contributed by atoms with Crippen LogP contribution in [0.1, 0.15) is 35.6 Å². The fourth-order valence-corrected chi connectivity index (χ4v) is 2.61. The molecule has 0 aliphatic carbocycles. The van der Waals surface area contributed by atoms with Crippen LogP contribution in [0.2, 0.25) is 0 Å². The molecule has 1 heterocycles. The predicted molar refractivity (Wildman–Crippen MR) is 93.4 cm³/mol. The highest BCUT2D eigenvalue weighted by Gasteiger charge is 2.34. The third-order valence-corrected chi connectivity index (χ3v) is 3.94. The molecule has 10 heteroatoms. The van der Waals surface area contributed by atoms with Crippen LogP contribution in [0.3, 0.4) is 0 Å². The lowest BCUT2D eigenvalue weighted by Crippen LogP contribution is -2.43. The number of aliphatic carboxylic acids is 1. The van der Waals surface area contributed by atoms with Crippen molar-refractivity contribution in [1.82, 2.24) is 14.7 Å². The number of aryl methyl sites for hydroxylation is 1. The van der Waals surface area contributed by atoms with Crippen LogP contribution in [0, 0.1) is 6.92 Å². The van der Waals surface area contributed by atoms with Crippen molar-refractivity contribution in [2.24, 2.45) is 0 Å². The number of rotatable bonds is 5. The van der Waals surface area contributed by atoms with Crippen molar-refractivity contribution in [3.8, 4) is 5.69 Å². The van der Waals surface area contributed by atoms with Gasteiger partial charge < -0.3 is 10.0 Å². The number of carboxylic acid groups (broad SMARTS) is 1. The third-order valence-electron chi connectivity index (χ3n) is 3.94. The van der Waals surface area contributed by atoms with Gasteiger partial charge in [-0.1, -0.05) is 12.1 Å². The van der Waals surface area contributed by atoms with E-state index in [9.17, 15) is 27.6 Å². The molecule has 150 valence electrons. The van der Waals surface area contributed by atoms with Gasteiger partial charge in [-0.15, -0.1) is 0 Å². The number of carboxylic acids is 1. The second-order valence-corrected chi connectivity index (χ2v) is 6.35. The number of para-hydroxylation sites is 1. The van der Waals surface area contributed by atoms with Gasteiger partial charge in [0, 0.05) is 17.8 Å². The third kappa shape index (κ3) is 4.38. The number of nitrogens with zero attached hydrogens (tertiary/aromatic N) is 3. The molecule has 2 aromatic rings. The van der Waals surface area contributed by atoms with Crippen LogP contribution in [0.5, 0.6) is 0 Å². The zero-order valence-corrected chi connectivity index (χ0v) is 15.3. The van der Waals surface area contributed by atoms with Crippen molar-refractivity contribution in [2.45, 2.75) is 33.0 Å². The molecule has 0 atom stereocenters. The summed E-state index contributed by atoms with van der Waals surface area (Å²) >= 11 is 0. The van der Waals surface area contributed by atoms with Gasteiger partial charge in [-0.05, 0) is 32.9 Å². The van der Waals surface area contributed by atoms with Crippen LogP contribution in [0.4, 0.5) is 13.2 Å². The topological polar surface area (TPSA) is 92.5 Å². The summed E-state index contributed by atoms with van der Waals surface area (Å²) in [5.74, 6) is -2.27. The van der Waals surface area contributed by atoms with Gasteiger partial charge in [-0.25, -0.2) is 4.68 Å². The molecule has 0 unspecified atom stereocenters. The highest BCUT2D eigenvalue weighted by molar-refractivity contribution is 5.94. The Morgan fingerprint density at radius 1 is 1.25 bits per heavy atom. The van der Waals surface area contributed by atoms with Gasteiger partial charge in [0.15, 0.2) is 5.69 Å². The summed E-state index contributed by atoms with van der Waals surface area (Å²) in [6.45, 7) is 3.80. The molecule has 1 amide bonds. The fraction of sp³-hybridized carbons (Fsp3) is 0.333. The Kier molecular flexibility index (Phi) is 5.91. The molecular formula is C18H18F3N3O4. The molecular weight excluding hydrogens is 379 g/mol. The molecule has 1 aromatic carbocycles. The van der Waals surface area contributed by atoms with Gasteiger partial charge in [0.25, 0.3) is 5.91 Å². The van der Waals surface area contributed by atoms with Gasteiger partial charge >= 0.3 is 12.1 Å². The lowest BCUT2D eigenvalue weighted by Gasteiger charge is -2.24. The number of amides is 1. The Bertz CT molecular complexity index is 967. The molecule has 2 rings (SSSR count). The molecule has 0 fully saturated rings. The smallest absolute Gasteiger partial charge is 0.418 e. The summed E-state index contributed by atoms with van der Waals surface area (Å²) < 4.78 is 40.9. The maximum atomic E-state index is 13.3. The van der Waals surface area contributed by atoms with Gasteiger partial charge in [0.05, 0.1) is 11.3 Å². The first-order chi connectivity index (χ1) is 12.9. The van der Waals surface area contributed by atoms with Gasteiger partial charge in [-0.2, -0.15) is 18.3 Å². The van der Waals surface area contributed by atoms with Crippen LogP contribution in [-0.2, 0) is 11.0 Å². The number of hydrogen-bond donors (Lipinski definition) is 1. The highest BCUT2D eigenvalue weighted by Crippen LogP contribution is 2.33. The second kappa shape index (κ2) is 7.83. The van der Waals surface area contributed by atoms with E-state index in [1.165, 1.54) is 25.1 Å². The highest BCUT2D eigenvalue weighted by atomic mass is 19.4. The first-order valence-corrected chi connectivity index (χ1v) is 8.23. The maximum absolute atomic E-state index is 13.3. The summed E-state index contributed by atoms with van der Waals surface area (Å²) in [6, 6.07) is 5.04. The Balaban J connectivity index is 2.66. The van der Waals surface area contributed by atoms with E-state index in [4.69, 9.17) is 5.11 Å². The Hall–Kier alpha value is -3.17. The fourth-order valence-electron chi connectivity index (χ4n) is 2.61. The molecule has 0 saturated heterocycles. The van der Waals surface area contributed by atoms with E-state index in [1.807, 2.05) is 0 Å². The van der Waals surface area contributed by atoms with Crippen LogP contribution in [-0.4, -0.2) is 44.3 Å². The molecule has 0 aliphatic heterocycles. The molecule has 7 nitrogen and oxygen atoms in total. The SMILES string of the molecule is Cc1cc(=O)c(C(=O)N(CC(=O)O)C(C)C)nn1-c1ccccc1C(F)(F)F. The van der Waals surface area contributed by atoms with Gasteiger partial charge in [0.2, 0.25) is 5.43 Å². The van der Waals surface area contributed by atoms with Crippen molar-refractivity contribution < 1.29 is 27.9 Å². The van der Waals surface area contributed by atoms with E-state index in [-0.39, 0.29) is 11.4 Å². The number of halogens is 3. The summed E-state index contributed by atoms with van der Waals surface area (Å²) in [4.78, 5) is 36.9. The molecule has 0 saturated carbocycles. The minimum absolute atomic E-state index is 0.0904. The predicted octanol–water partition coefficient (Wildman–Crippen LogP) is 2.49. The first kappa shape index (κ1) is 21.1. The average molecular weight is 397 g/mol. The molecule has 0 spiro atoms. The molecule has 0 bridgehead atoms. The number of carbonyl (C=O) groups excluding carboxylic acids is 1. The Morgan fingerprint density at radius 2 is 1.86 bits per heavy atom. The summed E-state index contributed by atoms with van der Waals surface area (Å²) in [5.41, 5.74) is -2.71. The van der Waals surface area contributed by atoms with E-state index in [1.54, 1.807) is 13.8 Å². The summed E-state index contributed by atoms with van der Waals surface area (Å²) in [7, 11) is 0. The van der Waals surface area contributed by atoms with E-state index < -0.39 is 47.3 Å². The lowest BCUT2D eigenvalue weighted by atomic mass is 10.1. The lowest BCUT2D eigenvalue weighted by molar-refractivity contribution is -0.138. The molecule has 1 N–H and O–H groups in total. The summed E-state index contributed by atoms with van der Waals surface area (Å²) in [6.07, 6.45) is -4.68. The first-order valence-electron chi connectivity index (χ1n) is 8.23. The minimum Gasteiger partial charge on any atom is -0.480 e. The van der Waals surface area contributed by atoms with Crippen LogP contribution < -0.4 is 5.43 Å². The quantitative estimate of drug-likeness (QED) is 0.837. The van der Waals surface area contributed by atoms with Crippen LogP contribution >= 0.6 is 0 Å². The molecule has 0 radical (unpaired) electrons. The second-order valence-electron chi connectivity index (χ2n) is 6.35. The monoisotopic (exact) mass is 397 g/mol. The van der Waals surface area contributed by atoms with Gasteiger partial charge in [0.1, 0.15) is 6.54 Å². The van der Waals surface area contributed by atoms with Crippen molar-refractivity contribution in [2.75, 3.05) is 6.54 Å². The molecule has 0 aliphatic rings. The van der Waals surface area contributed by atoms with E-state index >= 15 is 0 Å². The average Bonchev–Trinajstić information content (AvgIpc) is 2.58. The van der Waals surface area contributed by atoms with Crippen molar-refractivity contribution in [3.05, 3.63) is 57.5 Å². The zero-order chi connectivity index (χ0) is 21.2. The standard InChI is InChI=1S/C18H18F3N3O4/c1-10(2)23(9-15(26)27)17(28)16-14(25)8-11(3)24(22-16)13-7-5-4-6-12(13)18(19,20)21/h4-8,10H,9H2,1-3H3,(H,26,27). The summed E-state index contributed by atoms with van der Waals surface area (Å²) in [5, 5.41) is 12.8. The van der Waals surface area contributed by atoms with E-state index in [0.717, 1.165) is 21.7 Å². The number of hydrogen-bond acceptors (Lipinski definition) is 4. The maximum Gasteiger partial charge on any atom is 0.418 e. The number of aromatic nitrogens is 2. The van der Waals surface area contributed by atoms with Crippen LogP contribution in [0.15, 0.2) is 35.1 Å². The van der Waals surface area contributed by atoms with Crippen molar-refractivity contribution in [1.29, 1.82) is 0 Å². The minimum atomic E-state index is -4.68. The van der Waals surface area contributed by atoms with E-state index in [0.29, 0.717) is 0 Å².